The number of halogens is 3. The molecule has 34 heavy (non-hydrogen) atoms. The van der Waals surface area contributed by atoms with Gasteiger partial charge < -0.3 is 14.7 Å². The number of amides is 1. The van der Waals surface area contributed by atoms with Gasteiger partial charge in [-0.25, -0.2) is 4.79 Å². The fourth-order valence-corrected chi connectivity index (χ4v) is 4.23. The molecule has 0 bridgehead atoms. The highest BCUT2D eigenvalue weighted by Gasteiger charge is 2.36. The van der Waals surface area contributed by atoms with Crippen LogP contribution in [0.4, 0.5) is 13.2 Å². The second-order valence-corrected chi connectivity index (χ2v) is 9.62. The fraction of sp³-hybridized carbons (Fsp3) is 0.462. The van der Waals surface area contributed by atoms with Gasteiger partial charge in [-0.3, -0.25) is 4.79 Å². The second-order valence-electron chi connectivity index (χ2n) is 9.62. The van der Waals surface area contributed by atoms with Crippen molar-refractivity contribution >= 4 is 11.9 Å². The average Bonchev–Trinajstić information content (AvgIpc) is 2.77. The number of ether oxygens (including phenoxy) is 1. The molecule has 0 saturated carbocycles. The van der Waals surface area contributed by atoms with Gasteiger partial charge >= 0.3 is 12.1 Å². The number of piperidine rings is 1. The Hall–Kier alpha value is -3.03. The molecule has 0 unspecified atom stereocenters. The number of aryl methyl sites for hydroxylation is 1. The Labute approximate surface area is 197 Å². The highest BCUT2D eigenvalue weighted by Crippen LogP contribution is 2.36. The Balaban J connectivity index is 1.65. The Morgan fingerprint density at radius 3 is 2.41 bits per heavy atom. The number of nitrogens with zero attached hydrogens (tertiary/aromatic N) is 1. The molecule has 8 heteroatoms. The number of hydrogen-bond donors (Lipinski definition) is 1. The molecule has 0 aromatic heterocycles. The minimum atomic E-state index is -4.38. The lowest BCUT2D eigenvalue weighted by atomic mass is 9.75. The van der Waals surface area contributed by atoms with E-state index in [1.54, 1.807) is 6.07 Å². The van der Waals surface area contributed by atoms with Gasteiger partial charge in [-0.15, -0.1) is 0 Å². The number of benzene rings is 2. The molecule has 1 amide bonds. The van der Waals surface area contributed by atoms with Crippen LogP contribution in [-0.2, 0) is 27.6 Å². The van der Waals surface area contributed by atoms with Crippen molar-refractivity contribution in [3.63, 3.8) is 0 Å². The molecule has 3 rings (SSSR count). The highest BCUT2D eigenvalue weighted by atomic mass is 19.4. The molecule has 2 aromatic carbocycles. The molecule has 1 saturated heterocycles. The highest BCUT2D eigenvalue weighted by molar-refractivity contribution is 5.77. The quantitative estimate of drug-likeness (QED) is 0.575. The Kier molecular flexibility index (Phi) is 7.29. The molecule has 1 atom stereocenters. The fourth-order valence-electron chi connectivity index (χ4n) is 4.23. The molecule has 1 fully saturated rings. The van der Waals surface area contributed by atoms with Crippen molar-refractivity contribution in [3.8, 4) is 5.75 Å². The molecule has 184 valence electrons. The zero-order valence-electron chi connectivity index (χ0n) is 19.6. The summed E-state index contributed by atoms with van der Waals surface area (Å²) in [5, 5.41) is 9.33. The van der Waals surface area contributed by atoms with Gasteiger partial charge in [-0.05, 0) is 68.5 Å². The zero-order valence-corrected chi connectivity index (χ0v) is 19.6. The van der Waals surface area contributed by atoms with Crippen molar-refractivity contribution in [2.45, 2.75) is 63.6 Å². The van der Waals surface area contributed by atoms with Crippen molar-refractivity contribution in [2.24, 2.45) is 0 Å². The van der Waals surface area contributed by atoms with E-state index in [-0.39, 0.29) is 17.7 Å². The first-order valence-corrected chi connectivity index (χ1v) is 11.3. The van der Waals surface area contributed by atoms with Gasteiger partial charge in [0, 0.05) is 24.9 Å². The van der Waals surface area contributed by atoms with Crippen LogP contribution in [0.2, 0.25) is 0 Å². The van der Waals surface area contributed by atoms with Crippen molar-refractivity contribution in [1.82, 2.24) is 4.90 Å². The summed E-state index contributed by atoms with van der Waals surface area (Å²) < 4.78 is 43.9. The van der Waals surface area contributed by atoms with Gasteiger partial charge in [0.2, 0.25) is 5.91 Å². The van der Waals surface area contributed by atoms with Crippen molar-refractivity contribution in [1.29, 1.82) is 0 Å². The molecule has 1 aliphatic heterocycles. The van der Waals surface area contributed by atoms with Crippen LogP contribution in [0.1, 0.15) is 56.7 Å². The molecule has 5 nitrogen and oxygen atoms in total. The van der Waals surface area contributed by atoms with Crippen LogP contribution in [0, 0.1) is 0 Å². The number of rotatable bonds is 7. The number of hydrogen-bond acceptors (Lipinski definition) is 3. The maximum atomic E-state index is 12.9. The van der Waals surface area contributed by atoms with Gasteiger partial charge in [-0.1, -0.05) is 31.2 Å². The normalized spacial score (nSPS) is 19.1. The first-order chi connectivity index (χ1) is 15.8. The van der Waals surface area contributed by atoms with Crippen LogP contribution >= 0.6 is 0 Å². The Morgan fingerprint density at radius 2 is 1.79 bits per heavy atom. The summed E-state index contributed by atoms with van der Waals surface area (Å²) in [5.41, 5.74) is -0.743. The van der Waals surface area contributed by atoms with E-state index in [0.29, 0.717) is 30.8 Å². The summed E-state index contributed by atoms with van der Waals surface area (Å²) in [6, 6.07) is 12.2. The zero-order chi connectivity index (χ0) is 25.1. The molecular weight excluding hydrogens is 447 g/mol. The topological polar surface area (TPSA) is 66.8 Å². The van der Waals surface area contributed by atoms with E-state index in [4.69, 9.17) is 4.74 Å². The van der Waals surface area contributed by atoms with Crippen LogP contribution in [0.3, 0.4) is 0 Å². The monoisotopic (exact) mass is 477 g/mol. The van der Waals surface area contributed by atoms with Gasteiger partial charge in [0.25, 0.3) is 0 Å². The molecule has 2 aromatic rings. The maximum Gasteiger partial charge on any atom is 0.416 e. The lowest BCUT2D eigenvalue weighted by Gasteiger charge is -2.41. The molecule has 1 heterocycles. The van der Waals surface area contributed by atoms with E-state index < -0.39 is 23.3 Å². The third kappa shape index (κ3) is 6.10. The summed E-state index contributed by atoms with van der Waals surface area (Å²) in [5.74, 6) is -0.645. The van der Waals surface area contributed by atoms with Crippen molar-refractivity contribution in [3.05, 3.63) is 65.2 Å². The number of carboxylic acids is 1. The molecule has 0 spiro atoms. The number of likely N-dealkylation sites (tertiary alicyclic amines) is 1. The van der Waals surface area contributed by atoms with Gasteiger partial charge in [0.1, 0.15) is 5.75 Å². The predicted molar refractivity (Wildman–Crippen MR) is 122 cm³/mol. The van der Waals surface area contributed by atoms with E-state index >= 15 is 0 Å². The van der Waals surface area contributed by atoms with E-state index in [9.17, 15) is 27.9 Å². The second kappa shape index (κ2) is 9.68. The van der Waals surface area contributed by atoms with Crippen LogP contribution in [0.15, 0.2) is 48.5 Å². The molecule has 1 N–H and O–H groups in total. The Morgan fingerprint density at radius 1 is 1.12 bits per heavy atom. The lowest BCUT2D eigenvalue weighted by Crippen LogP contribution is -2.47. The van der Waals surface area contributed by atoms with Crippen LogP contribution in [-0.4, -0.2) is 40.6 Å². The maximum absolute atomic E-state index is 12.9. The van der Waals surface area contributed by atoms with E-state index in [1.807, 2.05) is 23.1 Å². The minimum Gasteiger partial charge on any atom is -0.478 e. The third-order valence-corrected chi connectivity index (χ3v) is 6.38. The van der Waals surface area contributed by atoms with Gasteiger partial charge in [0.05, 0.1) is 5.56 Å². The van der Waals surface area contributed by atoms with Gasteiger partial charge in [0.15, 0.2) is 5.60 Å². The Bertz CT molecular complexity index is 1030. The standard InChI is InChI=1S/C26H30F3NO4/c1-24(2,23(32)33)34-21-7-4-6-20(16-21)25(3)14-5-15-30(17-25)22(31)13-10-18-8-11-19(12-9-18)26(27,28)29/h4,6-9,11-12,16H,5,10,13-15,17H2,1-3H3,(H,32,33)/t25-/m1/s1. The number of carboxylic acid groups (broad SMARTS) is 1. The summed E-state index contributed by atoms with van der Waals surface area (Å²) in [6.45, 7) is 6.18. The van der Waals surface area contributed by atoms with Gasteiger partial charge in [-0.2, -0.15) is 13.2 Å². The number of carbonyl (C=O) groups is 2. The summed E-state index contributed by atoms with van der Waals surface area (Å²) in [6.07, 6.45) is -2.11. The van der Waals surface area contributed by atoms with E-state index in [2.05, 4.69) is 6.92 Å². The largest absolute Gasteiger partial charge is 0.478 e. The third-order valence-electron chi connectivity index (χ3n) is 6.38. The minimum absolute atomic E-state index is 0.0368. The first kappa shape index (κ1) is 25.6. The van der Waals surface area contributed by atoms with Crippen molar-refractivity contribution in [2.75, 3.05) is 13.1 Å². The van der Waals surface area contributed by atoms with E-state index in [1.165, 1.54) is 26.0 Å². The average molecular weight is 478 g/mol. The number of carbonyl (C=O) groups excluding carboxylic acids is 1. The summed E-state index contributed by atoms with van der Waals surface area (Å²) >= 11 is 0. The smallest absolute Gasteiger partial charge is 0.416 e. The SMILES string of the molecule is CC(C)(Oc1cccc([C@]2(C)CCCN(C(=O)CCc3ccc(C(F)(F)F)cc3)C2)c1)C(=O)O. The predicted octanol–water partition coefficient (Wildman–Crippen LogP) is 5.46. The lowest BCUT2D eigenvalue weighted by molar-refractivity contribution is -0.152. The molecule has 1 aliphatic rings. The summed E-state index contributed by atoms with van der Waals surface area (Å²) in [4.78, 5) is 26.1. The van der Waals surface area contributed by atoms with Crippen molar-refractivity contribution < 1.29 is 32.6 Å². The van der Waals surface area contributed by atoms with Crippen LogP contribution < -0.4 is 4.74 Å². The molecular formula is C26H30F3NO4. The van der Waals surface area contributed by atoms with Crippen LogP contribution in [0.5, 0.6) is 5.75 Å². The number of alkyl halides is 3. The first-order valence-electron chi connectivity index (χ1n) is 11.3. The summed E-state index contributed by atoms with van der Waals surface area (Å²) in [7, 11) is 0. The number of aliphatic carboxylic acids is 1. The van der Waals surface area contributed by atoms with Crippen LogP contribution in [0.25, 0.3) is 0 Å². The van der Waals surface area contributed by atoms with E-state index in [0.717, 1.165) is 30.5 Å². The molecule has 0 aliphatic carbocycles. The molecule has 0 radical (unpaired) electrons.